The number of hydrogen-bond acceptors (Lipinski definition) is 4. The minimum absolute atomic E-state index is 0.112. The molecule has 0 radical (unpaired) electrons. The van der Waals surface area contributed by atoms with Crippen LogP contribution < -0.4 is 5.32 Å². The van der Waals surface area contributed by atoms with E-state index in [4.69, 9.17) is 0 Å². The van der Waals surface area contributed by atoms with Crippen molar-refractivity contribution in [1.29, 1.82) is 0 Å². The number of alkyl carbamates (subject to hydrolysis) is 1. The fourth-order valence-electron chi connectivity index (χ4n) is 0.829. The Morgan fingerprint density at radius 1 is 1.91 bits per heavy atom. The van der Waals surface area contributed by atoms with Crippen LogP contribution in [0.4, 0.5) is 4.79 Å². The summed E-state index contributed by atoms with van der Waals surface area (Å²) in [5, 5.41) is 2.02. The summed E-state index contributed by atoms with van der Waals surface area (Å²) in [5.41, 5.74) is 0. The second kappa shape index (κ2) is 3.13. The summed E-state index contributed by atoms with van der Waals surface area (Å²) < 4.78 is 4.53. The molecule has 1 fully saturated rings. The highest BCUT2D eigenvalue weighted by molar-refractivity contribution is 7.81. The van der Waals surface area contributed by atoms with Crippen molar-refractivity contribution in [3.63, 3.8) is 0 Å². The number of carbonyl (C=O) groups excluding carboxylic acids is 2. The lowest BCUT2D eigenvalue weighted by Gasteiger charge is -2.07. The van der Waals surface area contributed by atoms with Gasteiger partial charge in [-0.2, -0.15) is 12.6 Å². The van der Waals surface area contributed by atoms with Gasteiger partial charge < -0.3 is 10.1 Å². The number of cyclic esters (lactones) is 1. The van der Waals surface area contributed by atoms with Crippen LogP contribution in [0.1, 0.15) is 6.92 Å². The van der Waals surface area contributed by atoms with E-state index in [1.807, 2.05) is 0 Å². The van der Waals surface area contributed by atoms with Gasteiger partial charge in [-0.3, -0.25) is 4.79 Å². The largest absolute Gasteiger partial charge is 0.447 e. The molecule has 1 saturated heterocycles. The predicted octanol–water partition coefficient (Wildman–Crippen LogP) is -0.0178. The highest BCUT2D eigenvalue weighted by atomic mass is 32.1. The number of thiol groups is 1. The molecule has 62 valence electrons. The third kappa shape index (κ3) is 1.86. The summed E-state index contributed by atoms with van der Waals surface area (Å²) in [6.07, 6.45) is -0.530. The van der Waals surface area contributed by atoms with E-state index in [1.165, 1.54) is 0 Å². The van der Waals surface area contributed by atoms with E-state index in [2.05, 4.69) is 22.7 Å². The number of hydrogen-bond donors (Lipinski definition) is 2. The Hall–Kier alpha value is -0.710. The second-order valence-electron chi connectivity index (χ2n) is 2.37. The summed E-state index contributed by atoms with van der Waals surface area (Å²) in [5.74, 6) is -0.112. The van der Waals surface area contributed by atoms with Crippen molar-refractivity contribution in [1.82, 2.24) is 5.32 Å². The summed E-state index contributed by atoms with van der Waals surface area (Å²) in [7, 11) is 0. The Kier molecular flexibility index (Phi) is 2.38. The van der Waals surface area contributed by atoms with Crippen LogP contribution in [0, 0.1) is 0 Å². The molecule has 0 unspecified atom stereocenters. The Balaban J connectivity index is 2.50. The number of carbonyl (C=O) groups is 2. The molecular weight excluding hydrogens is 166 g/mol. The minimum atomic E-state index is -0.530. The summed E-state index contributed by atoms with van der Waals surface area (Å²) in [6, 6.07) is -0.505. The van der Waals surface area contributed by atoms with Crippen LogP contribution in [0.15, 0.2) is 0 Å². The number of amides is 1. The molecule has 11 heavy (non-hydrogen) atoms. The van der Waals surface area contributed by atoms with Gasteiger partial charge in [-0.1, -0.05) is 0 Å². The van der Waals surface area contributed by atoms with Crippen molar-refractivity contribution in [2.75, 3.05) is 6.61 Å². The van der Waals surface area contributed by atoms with Crippen LogP contribution in [-0.4, -0.2) is 29.8 Å². The quantitative estimate of drug-likeness (QED) is 0.580. The Morgan fingerprint density at radius 2 is 2.55 bits per heavy atom. The summed E-state index contributed by atoms with van der Waals surface area (Å²) in [4.78, 5) is 21.6. The average Bonchev–Trinajstić information content (AvgIpc) is 2.34. The van der Waals surface area contributed by atoms with Gasteiger partial charge >= 0.3 is 6.09 Å². The van der Waals surface area contributed by atoms with Crippen LogP contribution >= 0.6 is 12.6 Å². The van der Waals surface area contributed by atoms with Crippen LogP contribution in [0.5, 0.6) is 0 Å². The first-order chi connectivity index (χ1) is 5.11. The number of Topliss-reactive ketones (excluding diaryl/α,β-unsaturated/α-hetero) is 1. The molecule has 0 spiro atoms. The normalized spacial score (nSPS) is 25.6. The summed E-state index contributed by atoms with van der Waals surface area (Å²) in [6.45, 7) is 1.79. The van der Waals surface area contributed by atoms with Crippen LogP contribution in [-0.2, 0) is 9.53 Å². The van der Waals surface area contributed by atoms with E-state index >= 15 is 0 Å². The fourth-order valence-corrected chi connectivity index (χ4v) is 1.01. The molecule has 1 aliphatic heterocycles. The topological polar surface area (TPSA) is 55.4 Å². The number of nitrogens with one attached hydrogen (secondary N) is 1. The van der Waals surface area contributed by atoms with E-state index < -0.39 is 12.1 Å². The lowest BCUT2D eigenvalue weighted by atomic mass is 10.1. The molecule has 0 aromatic rings. The van der Waals surface area contributed by atoms with Crippen LogP contribution in [0.3, 0.4) is 0 Å². The molecular formula is C6H9NO3S. The van der Waals surface area contributed by atoms with Gasteiger partial charge in [0.2, 0.25) is 0 Å². The van der Waals surface area contributed by atoms with Crippen molar-refractivity contribution in [2.45, 2.75) is 18.2 Å². The molecule has 1 rings (SSSR count). The van der Waals surface area contributed by atoms with E-state index in [1.54, 1.807) is 6.92 Å². The maximum Gasteiger partial charge on any atom is 0.407 e. The van der Waals surface area contributed by atoms with Crippen molar-refractivity contribution in [3.8, 4) is 0 Å². The smallest absolute Gasteiger partial charge is 0.407 e. The van der Waals surface area contributed by atoms with Crippen molar-refractivity contribution < 1.29 is 14.3 Å². The van der Waals surface area contributed by atoms with Gasteiger partial charge in [-0.05, 0) is 6.92 Å². The second-order valence-corrected chi connectivity index (χ2v) is 3.15. The predicted molar refractivity (Wildman–Crippen MR) is 41.7 cm³/mol. The molecule has 0 aromatic carbocycles. The first-order valence-electron chi connectivity index (χ1n) is 3.26. The number of ketones is 1. The van der Waals surface area contributed by atoms with Gasteiger partial charge in [0.1, 0.15) is 12.6 Å². The van der Waals surface area contributed by atoms with E-state index in [9.17, 15) is 9.59 Å². The average molecular weight is 175 g/mol. The van der Waals surface area contributed by atoms with Crippen molar-refractivity contribution >= 4 is 24.5 Å². The Labute approximate surface area is 69.7 Å². The van der Waals surface area contributed by atoms with Gasteiger partial charge in [0.15, 0.2) is 5.78 Å². The van der Waals surface area contributed by atoms with Gasteiger partial charge in [-0.15, -0.1) is 0 Å². The lowest BCUT2D eigenvalue weighted by molar-refractivity contribution is -0.119. The van der Waals surface area contributed by atoms with Crippen LogP contribution in [0.25, 0.3) is 0 Å². The highest BCUT2D eigenvalue weighted by Crippen LogP contribution is 2.04. The molecule has 5 heteroatoms. The van der Waals surface area contributed by atoms with E-state index in [-0.39, 0.29) is 17.6 Å². The zero-order chi connectivity index (χ0) is 8.43. The molecule has 1 N–H and O–H groups in total. The molecule has 0 saturated carbocycles. The fraction of sp³-hybridized carbons (Fsp3) is 0.667. The molecule has 0 aliphatic carbocycles. The van der Waals surface area contributed by atoms with E-state index in [0.29, 0.717) is 0 Å². The number of ether oxygens (including phenoxy) is 1. The van der Waals surface area contributed by atoms with Gasteiger partial charge in [0, 0.05) is 0 Å². The molecule has 1 heterocycles. The zero-order valence-corrected chi connectivity index (χ0v) is 6.93. The number of rotatable bonds is 2. The standard InChI is InChI=1S/C6H9NO3S/c1-3(11)5(8)4-2-10-6(9)7-4/h3-4,11H,2H2,1H3,(H,7,9)/t3-,4-/m0/s1. The Morgan fingerprint density at radius 3 is 2.91 bits per heavy atom. The molecule has 0 aromatic heterocycles. The maximum atomic E-state index is 11.1. The third-order valence-electron chi connectivity index (χ3n) is 1.43. The zero-order valence-electron chi connectivity index (χ0n) is 6.03. The van der Waals surface area contributed by atoms with Gasteiger partial charge in [0.25, 0.3) is 0 Å². The molecule has 2 atom stereocenters. The maximum absolute atomic E-state index is 11.1. The third-order valence-corrected chi connectivity index (χ3v) is 1.68. The minimum Gasteiger partial charge on any atom is -0.447 e. The van der Waals surface area contributed by atoms with Crippen molar-refractivity contribution in [3.05, 3.63) is 0 Å². The lowest BCUT2D eigenvalue weighted by Crippen LogP contribution is -2.38. The van der Waals surface area contributed by atoms with Crippen LogP contribution in [0.2, 0.25) is 0 Å². The highest BCUT2D eigenvalue weighted by Gasteiger charge is 2.30. The molecule has 0 bridgehead atoms. The Bertz CT molecular complexity index is 192. The first-order valence-corrected chi connectivity index (χ1v) is 3.78. The SMILES string of the molecule is C[C@H](S)C(=O)[C@@H]1COC(=O)N1. The van der Waals surface area contributed by atoms with Gasteiger partial charge in [-0.25, -0.2) is 4.79 Å². The van der Waals surface area contributed by atoms with Gasteiger partial charge in [0.05, 0.1) is 5.25 Å². The van der Waals surface area contributed by atoms with Crippen molar-refractivity contribution in [2.24, 2.45) is 0 Å². The molecule has 1 amide bonds. The first kappa shape index (κ1) is 8.39. The monoisotopic (exact) mass is 175 g/mol. The molecule has 4 nitrogen and oxygen atoms in total. The van der Waals surface area contributed by atoms with E-state index in [0.717, 1.165) is 0 Å². The summed E-state index contributed by atoms with van der Waals surface area (Å²) >= 11 is 3.94. The molecule has 1 aliphatic rings.